The lowest BCUT2D eigenvalue weighted by molar-refractivity contribution is -0.250. The predicted molar refractivity (Wildman–Crippen MR) is 116 cm³/mol. The minimum absolute atomic E-state index is 0.0284. The van der Waals surface area contributed by atoms with Crippen molar-refractivity contribution in [2.24, 2.45) is 15.9 Å². The molecule has 0 saturated carbocycles. The number of hydrogen-bond acceptors (Lipinski definition) is 7. The number of halogens is 4. The zero-order valence-corrected chi connectivity index (χ0v) is 18.3. The molecule has 176 valence electrons. The second-order valence-corrected chi connectivity index (χ2v) is 8.98. The third-order valence-corrected chi connectivity index (χ3v) is 6.62. The first-order chi connectivity index (χ1) is 15.2. The van der Waals surface area contributed by atoms with Crippen LogP contribution < -0.4 is 5.73 Å². The summed E-state index contributed by atoms with van der Waals surface area (Å²) in [6, 6.07) is 7.43. The number of piperidine rings is 1. The fraction of sp³-hybridized carbons (Fsp3) is 0.619. The van der Waals surface area contributed by atoms with E-state index in [-0.39, 0.29) is 25.2 Å². The van der Waals surface area contributed by atoms with Gasteiger partial charge in [-0.15, -0.1) is 10.2 Å². The van der Waals surface area contributed by atoms with Crippen molar-refractivity contribution in [1.82, 2.24) is 9.80 Å². The number of ether oxygens (including phenoxy) is 1. The number of hydrogen-bond donors (Lipinski definition) is 2. The first-order valence-electron chi connectivity index (χ1n) is 10.7. The lowest BCUT2D eigenvalue weighted by atomic mass is 9.95. The van der Waals surface area contributed by atoms with Crippen molar-refractivity contribution in [1.29, 1.82) is 0 Å². The van der Waals surface area contributed by atoms with E-state index in [4.69, 9.17) is 22.1 Å². The van der Waals surface area contributed by atoms with Crippen molar-refractivity contribution in [3.63, 3.8) is 0 Å². The number of nitrogens with zero attached hydrogens (tertiary/aromatic N) is 4. The van der Waals surface area contributed by atoms with Crippen LogP contribution in [0.15, 0.2) is 34.5 Å². The van der Waals surface area contributed by atoms with E-state index in [1.165, 1.54) is 0 Å². The number of benzene rings is 1. The van der Waals surface area contributed by atoms with Crippen LogP contribution in [0.25, 0.3) is 0 Å². The van der Waals surface area contributed by atoms with Gasteiger partial charge in [-0.05, 0) is 37.0 Å². The SMILES string of the molecule is NC1=NN=C(N2CCC(N3C[C@H]([C@H](O)C(F)(F)F)OC[C@@H]3Cc3ccc(Cl)cc3)CC2)C1. The van der Waals surface area contributed by atoms with Gasteiger partial charge in [-0.3, -0.25) is 4.90 Å². The second kappa shape index (κ2) is 9.54. The normalized spacial score (nSPS) is 26.7. The summed E-state index contributed by atoms with van der Waals surface area (Å²) in [5.41, 5.74) is 6.75. The Kier molecular flexibility index (Phi) is 6.94. The molecule has 3 atom stereocenters. The van der Waals surface area contributed by atoms with E-state index in [2.05, 4.69) is 20.0 Å². The molecule has 11 heteroatoms. The number of aliphatic hydroxyl groups is 1. The van der Waals surface area contributed by atoms with Crippen molar-refractivity contribution < 1.29 is 23.0 Å². The maximum atomic E-state index is 13.1. The highest BCUT2D eigenvalue weighted by Crippen LogP contribution is 2.31. The summed E-state index contributed by atoms with van der Waals surface area (Å²) in [5, 5.41) is 18.4. The molecule has 1 aromatic rings. The summed E-state index contributed by atoms with van der Waals surface area (Å²) in [6.07, 6.45) is -5.83. The molecule has 3 aliphatic rings. The molecule has 0 amide bonds. The topological polar surface area (TPSA) is 86.7 Å². The van der Waals surface area contributed by atoms with Crippen molar-refractivity contribution in [2.75, 3.05) is 26.2 Å². The van der Waals surface area contributed by atoms with E-state index in [1.54, 1.807) is 12.1 Å². The third-order valence-electron chi connectivity index (χ3n) is 6.37. The Morgan fingerprint density at radius 2 is 1.88 bits per heavy atom. The van der Waals surface area contributed by atoms with Gasteiger partial charge in [-0.25, -0.2) is 0 Å². The summed E-state index contributed by atoms with van der Waals surface area (Å²) < 4.78 is 44.9. The summed E-state index contributed by atoms with van der Waals surface area (Å²) in [5.74, 6) is 1.33. The molecule has 2 saturated heterocycles. The van der Waals surface area contributed by atoms with Gasteiger partial charge in [0.05, 0.1) is 13.0 Å². The predicted octanol–water partition coefficient (Wildman–Crippen LogP) is 2.41. The van der Waals surface area contributed by atoms with E-state index in [0.29, 0.717) is 23.7 Å². The number of aliphatic hydroxyl groups excluding tert-OH is 1. The Hall–Kier alpha value is -1.88. The van der Waals surface area contributed by atoms with Gasteiger partial charge < -0.3 is 20.5 Å². The molecule has 0 unspecified atom stereocenters. The van der Waals surface area contributed by atoms with Crippen LogP contribution in [0.2, 0.25) is 5.02 Å². The summed E-state index contributed by atoms with van der Waals surface area (Å²) in [7, 11) is 0. The first-order valence-corrected chi connectivity index (χ1v) is 11.1. The Morgan fingerprint density at radius 1 is 1.19 bits per heavy atom. The molecule has 0 aromatic heterocycles. The molecule has 0 aliphatic carbocycles. The fourth-order valence-corrected chi connectivity index (χ4v) is 4.77. The lowest BCUT2D eigenvalue weighted by Crippen LogP contribution is -2.61. The highest BCUT2D eigenvalue weighted by molar-refractivity contribution is 6.30. The smallest absolute Gasteiger partial charge is 0.385 e. The molecule has 3 N–H and O–H groups in total. The average Bonchev–Trinajstić information content (AvgIpc) is 3.21. The van der Waals surface area contributed by atoms with Gasteiger partial charge in [0.1, 0.15) is 17.8 Å². The zero-order valence-electron chi connectivity index (χ0n) is 17.5. The van der Waals surface area contributed by atoms with Gasteiger partial charge in [0.25, 0.3) is 0 Å². The highest BCUT2D eigenvalue weighted by Gasteiger charge is 2.48. The zero-order chi connectivity index (χ0) is 22.9. The molecule has 7 nitrogen and oxygen atoms in total. The van der Waals surface area contributed by atoms with E-state index in [0.717, 1.165) is 37.3 Å². The number of amidine groups is 2. The van der Waals surface area contributed by atoms with Crippen LogP contribution in [0, 0.1) is 0 Å². The minimum Gasteiger partial charge on any atom is -0.385 e. The maximum Gasteiger partial charge on any atom is 0.416 e. The third kappa shape index (κ3) is 5.36. The van der Waals surface area contributed by atoms with Crippen LogP contribution in [0.5, 0.6) is 0 Å². The van der Waals surface area contributed by atoms with E-state index in [9.17, 15) is 18.3 Å². The van der Waals surface area contributed by atoms with Crippen LogP contribution in [-0.2, 0) is 11.2 Å². The largest absolute Gasteiger partial charge is 0.416 e. The number of alkyl halides is 3. The van der Waals surface area contributed by atoms with Crippen LogP contribution >= 0.6 is 11.6 Å². The Balaban J connectivity index is 1.45. The van der Waals surface area contributed by atoms with Gasteiger partial charge in [0, 0.05) is 36.7 Å². The Bertz CT molecular complexity index is 856. The molecule has 3 heterocycles. The Morgan fingerprint density at radius 3 is 2.47 bits per heavy atom. The summed E-state index contributed by atoms with van der Waals surface area (Å²) >= 11 is 5.98. The molecular weight excluding hydrogens is 447 g/mol. The van der Waals surface area contributed by atoms with Crippen LogP contribution in [0.3, 0.4) is 0 Å². The molecule has 0 bridgehead atoms. The van der Waals surface area contributed by atoms with Crippen LogP contribution in [-0.4, -0.2) is 83.3 Å². The maximum absolute atomic E-state index is 13.1. The van der Waals surface area contributed by atoms with Crippen LogP contribution in [0.1, 0.15) is 24.8 Å². The molecule has 0 radical (unpaired) electrons. The second-order valence-electron chi connectivity index (χ2n) is 8.54. The number of nitrogens with two attached hydrogens (primary N) is 1. The van der Waals surface area contributed by atoms with E-state index in [1.807, 2.05) is 12.1 Å². The van der Waals surface area contributed by atoms with Gasteiger partial charge in [0.15, 0.2) is 6.10 Å². The fourth-order valence-electron chi connectivity index (χ4n) is 4.64. The molecule has 0 spiro atoms. The quantitative estimate of drug-likeness (QED) is 0.701. The van der Waals surface area contributed by atoms with Crippen molar-refractivity contribution in [3.8, 4) is 0 Å². The Labute approximate surface area is 189 Å². The molecule has 3 aliphatic heterocycles. The molecule has 32 heavy (non-hydrogen) atoms. The summed E-state index contributed by atoms with van der Waals surface area (Å²) in [6.45, 7) is 1.60. The number of rotatable bonds is 4. The molecule has 2 fully saturated rings. The van der Waals surface area contributed by atoms with Gasteiger partial charge in [-0.2, -0.15) is 13.2 Å². The number of likely N-dealkylation sites (tertiary alicyclic amines) is 1. The molecule has 4 rings (SSSR count). The monoisotopic (exact) mass is 473 g/mol. The summed E-state index contributed by atoms with van der Waals surface area (Å²) in [4.78, 5) is 4.23. The average molecular weight is 474 g/mol. The van der Waals surface area contributed by atoms with Crippen molar-refractivity contribution in [3.05, 3.63) is 34.9 Å². The first kappa shape index (κ1) is 23.3. The van der Waals surface area contributed by atoms with Gasteiger partial charge in [0.2, 0.25) is 0 Å². The van der Waals surface area contributed by atoms with Crippen molar-refractivity contribution >= 4 is 23.3 Å². The van der Waals surface area contributed by atoms with Gasteiger partial charge in [-0.1, -0.05) is 23.7 Å². The lowest BCUT2D eigenvalue weighted by Gasteiger charge is -2.47. The van der Waals surface area contributed by atoms with Gasteiger partial charge >= 0.3 is 6.18 Å². The van der Waals surface area contributed by atoms with E-state index < -0.39 is 18.4 Å². The highest BCUT2D eigenvalue weighted by atomic mass is 35.5. The van der Waals surface area contributed by atoms with E-state index >= 15 is 0 Å². The standard InChI is InChI=1S/C21H27ClF3N5O2/c22-14-3-1-13(2-4-14)9-16-12-32-17(20(31)21(23,24)25)11-30(16)15-5-7-29(8-6-15)19-10-18(26)27-28-19/h1-4,15-17,20,31H,5-12H2,(H2,26,27)/t16-,17+,20-/m0/s1. The minimum atomic E-state index is -4.72. The molecular formula is C21H27ClF3N5O2. The molecule has 1 aromatic carbocycles. The van der Waals surface area contributed by atoms with Crippen LogP contribution in [0.4, 0.5) is 13.2 Å². The number of morpholine rings is 1. The van der Waals surface area contributed by atoms with Crippen molar-refractivity contribution in [2.45, 2.75) is 56.2 Å².